The molecule has 0 amide bonds. The van der Waals surface area contributed by atoms with E-state index in [1.807, 2.05) is 6.92 Å². The van der Waals surface area contributed by atoms with Crippen LogP contribution in [0.5, 0.6) is 11.5 Å². The van der Waals surface area contributed by atoms with Gasteiger partial charge in [0.05, 0.1) is 17.5 Å². The lowest BCUT2D eigenvalue weighted by Gasteiger charge is -2.09. The van der Waals surface area contributed by atoms with E-state index in [0.717, 1.165) is 12.1 Å². The summed E-state index contributed by atoms with van der Waals surface area (Å²) in [7, 11) is 0. The number of nitrogens with zero attached hydrogens (tertiary/aromatic N) is 2. The molecule has 1 aromatic carbocycles. The largest absolute Gasteiger partial charge is 0.456 e. The SMILES string of the molecule is CC[C@@H](N)c1ccc(Oc2ccc(C#N)c(F)c2)cn1. The molecule has 0 saturated heterocycles. The smallest absolute Gasteiger partial charge is 0.145 e. The minimum absolute atomic E-state index is 0.0141. The van der Waals surface area contributed by atoms with E-state index in [-0.39, 0.29) is 11.6 Å². The van der Waals surface area contributed by atoms with E-state index in [0.29, 0.717) is 11.5 Å². The number of pyridine rings is 1. The van der Waals surface area contributed by atoms with Gasteiger partial charge in [0.25, 0.3) is 0 Å². The Kier molecular flexibility index (Phi) is 4.28. The van der Waals surface area contributed by atoms with Crippen LogP contribution in [-0.4, -0.2) is 4.98 Å². The van der Waals surface area contributed by atoms with E-state index >= 15 is 0 Å². The molecule has 0 aliphatic heterocycles. The molecule has 0 spiro atoms. The highest BCUT2D eigenvalue weighted by molar-refractivity contribution is 5.38. The fourth-order valence-electron chi connectivity index (χ4n) is 1.67. The standard InChI is InChI=1S/C15H14FN3O/c1-2-14(18)15-6-5-12(9-19-15)20-11-4-3-10(8-17)13(16)7-11/h3-7,9,14H,2,18H2,1H3/t14-/m1/s1. The minimum Gasteiger partial charge on any atom is -0.456 e. The summed E-state index contributed by atoms with van der Waals surface area (Å²) in [4.78, 5) is 4.21. The van der Waals surface area contributed by atoms with Gasteiger partial charge in [0.1, 0.15) is 23.4 Å². The second kappa shape index (κ2) is 6.13. The summed E-state index contributed by atoms with van der Waals surface area (Å²) in [6, 6.07) is 9.25. The number of ether oxygens (including phenoxy) is 1. The molecular formula is C15H14FN3O. The average molecular weight is 271 g/mol. The molecule has 0 radical (unpaired) electrons. The molecule has 2 N–H and O–H groups in total. The van der Waals surface area contributed by atoms with Gasteiger partial charge in [-0.3, -0.25) is 4.98 Å². The molecule has 0 fully saturated rings. The fourth-order valence-corrected chi connectivity index (χ4v) is 1.67. The predicted molar refractivity (Wildman–Crippen MR) is 72.6 cm³/mol. The number of hydrogen-bond acceptors (Lipinski definition) is 4. The van der Waals surface area contributed by atoms with Crippen LogP contribution in [0, 0.1) is 17.1 Å². The fraction of sp³-hybridized carbons (Fsp3) is 0.200. The van der Waals surface area contributed by atoms with Crippen molar-refractivity contribution in [1.82, 2.24) is 4.98 Å². The number of halogens is 1. The van der Waals surface area contributed by atoms with Crippen LogP contribution in [0.25, 0.3) is 0 Å². The maximum Gasteiger partial charge on any atom is 0.145 e. The number of hydrogen-bond donors (Lipinski definition) is 1. The third-order valence-corrected chi connectivity index (χ3v) is 2.88. The first kappa shape index (κ1) is 14.0. The Balaban J connectivity index is 2.14. The zero-order valence-corrected chi connectivity index (χ0v) is 11.0. The highest BCUT2D eigenvalue weighted by atomic mass is 19.1. The van der Waals surface area contributed by atoms with E-state index in [1.165, 1.54) is 18.2 Å². The van der Waals surface area contributed by atoms with Gasteiger partial charge in [0.2, 0.25) is 0 Å². The van der Waals surface area contributed by atoms with Gasteiger partial charge in [0.15, 0.2) is 0 Å². The number of nitrogens with two attached hydrogens (primary N) is 1. The van der Waals surface area contributed by atoms with Crippen LogP contribution in [0.3, 0.4) is 0 Å². The Morgan fingerprint density at radius 2 is 2.10 bits per heavy atom. The molecule has 20 heavy (non-hydrogen) atoms. The van der Waals surface area contributed by atoms with Crippen molar-refractivity contribution >= 4 is 0 Å². The summed E-state index contributed by atoms with van der Waals surface area (Å²) in [5.74, 6) is 0.194. The van der Waals surface area contributed by atoms with Crippen molar-refractivity contribution in [2.75, 3.05) is 0 Å². The first-order valence-corrected chi connectivity index (χ1v) is 6.23. The topological polar surface area (TPSA) is 71.9 Å². The molecule has 2 aromatic rings. The summed E-state index contributed by atoms with van der Waals surface area (Å²) in [5.41, 5.74) is 6.63. The third kappa shape index (κ3) is 3.11. The second-order valence-electron chi connectivity index (χ2n) is 4.29. The van der Waals surface area contributed by atoms with Gasteiger partial charge in [0, 0.05) is 12.1 Å². The first-order valence-electron chi connectivity index (χ1n) is 6.23. The molecule has 0 aliphatic rings. The predicted octanol–water partition coefficient (Wildman–Crippen LogP) is 3.29. The quantitative estimate of drug-likeness (QED) is 0.926. The van der Waals surface area contributed by atoms with Crippen molar-refractivity contribution in [1.29, 1.82) is 5.26 Å². The van der Waals surface area contributed by atoms with Gasteiger partial charge < -0.3 is 10.5 Å². The Hall–Kier alpha value is -2.45. The molecule has 0 saturated carbocycles. The lowest BCUT2D eigenvalue weighted by Crippen LogP contribution is -2.10. The highest BCUT2D eigenvalue weighted by Gasteiger charge is 2.07. The lowest BCUT2D eigenvalue weighted by molar-refractivity contribution is 0.473. The second-order valence-corrected chi connectivity index (χ2v) is 4.29. The van der Waals surface area contributed by atoms with Crippen LogP contribution in [0.1, 0.15) is 30.6 Å². The third-order valence-electron chi connectivity index (χ3n) is 2.88. The Labute approximate surface area is 116 Å². The highest BCUT2D eigenvalue weighted by Crippen LogP contribution is 2.23. The van der Waals surface area contributed by atoms with E-state index in [2.05, 4.69) is 4.98 Å². The Morgan fingerprint density at radius 1 is 1.35 bits per heavy atom. The van der Waals surface area contributed by atoms with Crippen molar-refractivity contribution < 1.29 is 9.13 Å². The summed E-state index contributed by atoms with van der Waals surface area (Å²) >= 11 is 0. The van der Waals surface area contributed by atoms with Crippen molar-refractivity contribution in [2.24, 2.45) is 5.73 Å². The number of aromatic nitrogens is 1. The van der Waals surface area contributed by atoms with Crippen LogP contribution in [0.15, 0.2) is 36.5 Å². The van der Waals surface area contributed by atoms with Crippen molar-refractivity contribution in [3.63, 3.8) is 0 Å². The zero-order valence-electron chi connectivity index (χ0n) is 11.0. The molecule has 2 rings (SSSR count). The zero-order chi connectivity index (χ0) is 14.5. The first-order chi connectivity index (χ1) is 9.63. The molecule has 4 nitrogen and oxygen atoms in total. The molecule has 0 aliphatic carbocycles. The minimum atomic E-state index is -0.609. The molecule has 1 heterocycles. The Bertz CT molecular complexity index is 635. The van der Waals surface area contributed by atoms with E-state index in [9.17, 15) is 4.39 Å². The molecule has 102 valence electrons. The van der Waals surface area contributed by atoms with Gasteiger partial charge in [-0.05, 0) is 30.7 Å². The van der Waals surface area contributed by atoms with Crippen LogP contribution >= 0.6 is 0 Å². The van der Waals surface area contributed by atoms with E-state index < -0.39 is 5.82 Å². The lowest BCUT2D eigenvalue weighted by atomic mass is 10.1. The molecule has 0 bridgehead atoms. The van der Waals surface area contributed by atoms with Crippen molar-refractivity contribution in [3.8, 4) is 17.6 Å². The average Bonchev–Trinajstić information content (AvgIpc) is 2.47. The van der Waals surface area contributed by atoms with E-state index in [4.69, 9.17) is 15.7 Å². The summed E-state index contributed by atoms with van der Waals surface area (Å²) in [5, 5.41) is 8.65. The van der Waals surface area contributed by atoms with Gasteiger partial charge in [-0.1, -0.05) is 6.92 Å². The van der Waals surface area contributed by atoms with Gasteiger partial charge in [-0.25, -0.2) is 4.39 Å². The number of benzene rings is 1. The molecule has 1 aromatic heterocycles. The molecule has 0 unspecified atom stereocenters. The van der Waals surface area contributed by atoms with Gasteiger partial charge in [-0.15, -0.1) is 0 Å². The van der Waals surface area contributed by atoms with Crippen LogP contribution in [-0.2, 0) is 0 Å². The maximum absolute atomic E-state index is 13.4. The van der Waals surface area contributed by atoms with Gasteiger partial charge in [-0.2, -0.15) is 5.26 Å². The molecule has 1 atom stereocenters. The van der Waals surface area contributed by atoms with Crippen LogP contribution in [0.2, 0.25) is 0 Å². The van der Waals surface area contributed by atoms with Gasteiger partial charge >= 0.3 is 0 Å². The van der Waals surface area contributed by atoms with Crippen molar-refractivity contribution in [3.05, 3.63) is 53.6 Å². The molecule has 5 heteroatoms. The number of rotatable bonds is 4. The van der Waals surface area contributed by atoms with Crippen molar-refractivity contribution in [2.45, 2.75) is 19.4 Å². The molecular weight excluding hydrogens is 257 g/mol. The van der Waals surface area contributed by atoms with Crippen LogP contribution < -0.4 is 10.5 Å². The number of nitriles is 1. The normalized spacial score (nSPS) is 11.7. The monoisotopic (exact) mass is 271 g/mol. The van der Waals surface area contributed by atoms with Crippen LogP contribution in [0.4, 0.5) is 4.39 Å². The summed E-state index contributed by atoms with van der Waals surface area (Å²) < 4.78 is 18.9. The summed E-state index contributed by atoms with van der Waals surface area (Å²) in [6.45, 7) is 1.98. The summed E-state index contributed by atoms with van der Waals surface area (Å²) in [6.07, 6.45) is 2.34. The van der Waals surface area contributed by atoms with E-state index in [1.54, 1.807) is 24.4 Å². The Morgan fingerprint density at radius 3 is 2.65 bits per heavy atom. The maximum atomic E-state index is 13.4.